The van der Waals surface area contributed by atoms with Crippen LogP contribution < -0.4 is 5.19 Å². The van der Waals surface area contributed by atoms with Crippen molar-refractivity contribution in [3.05, 3.63) is 156 Å². The number of benzene rings is 6. The predicted molar refractivity (Wildman–Crippen MR) is 185 cm³/mol. The molecule has 1 aromatic heterocycles. The molecule has 0 amide bonds. The largest absolute Gasteiger partial charge is 0.309 e. The van der Waals surface area contributed by atoms with E-state index in [-0.39, 0.29) is 0 Å². The van der Waals surface area contributed by atoms with Gasteiger partial charge in [-0.15, -0.1) is 0 Å². The van der Waals surface area contributed by atoms with Crippen molar-refractivity contribution in [2.45, 2.75) is 34.8 Å². The lowest BCUT2D eigenvalue weighted by Gasteiger charge is -2.45. The monoisotopic (exact) mass is 585 g/mol. The summed E-state index contributed by atoms with van der Waals surface area (Å²) in [5.74, 6) is 0. The smallest absolute Gasteiger partial charge is 0.0775 e. The van der Waals surface area contributed by atoms with Gasteiger partial charge in [-0.2, -0.15) is 0 Å². The maximum Gasteiger partial charge on any atom is 0.0775 e. The number of hydrogen-bond donors (Lipinski definition) is 0. The summed E-state index contributed by atoms with van der Waals surface area (Å²) in [6.45, 7) is 7.25. The zero-order chi connectivity index (χ0) is 28.9. The fourth-order valence-electron chi connectivity index (χ4n) is 7.67. The van der Waals surface area contributed by atoms with Gasteiger partial charge in [-0.25, -0.2) is 0 Å². The van der Waals surface area contributed by atoms with Crippen molar-refractivity contribution >= 4 is 46.8 Å². The molecule has 0 radical (unpaired) electrons. The molecule has 3 heteroatoms. The fraction of sp³-hybridized carbons (Fsp3) is 0.100. The number of fused-ring (bicyclic) bond motifs is 11. The lowest BCUT2D eigenvalue weighted by molar-refractivity contribution is 0.690. The van der Waals surface area contributed by atoms with Crippen molar-refractivity contribution < 1.29 is 0 Å². The van der Waals surface area contributed by atoms with Gasteiger partial charge in [0.1, 0.15) is 0 Å². The van der Waals surface area contributed by atoms with E-state index >= 15 is 0 Å². The second-order valence-electron chi connectivity index (χ2n) is 13.0. The normalized spacial score (nSPS) is 16.7. The number of hydrogen-bond acceptors (Lipinski definition) is 1. The van der Waals surface area contributed by atoms with Crippen LogP contribution in [0.4, 0.5) is 0 Å². The minimum absolute atomic E-state index is 0.439. The molecule has 1 spiro atoms. The first kappa shape index (κ1) is 25.2. The molecule has 0 bridgehead atoms. The van der Waals surface area contributed by atoms with Crippen LogP contribution in [0.3, 0.4) is 0 Å². The summed E-state index contributed by atoms with van der Waals surface area (Å²) >= 11 is 1.91. The summed E-state index contributed by atoms with van der Waals surface area (Å²) in [7, 11) is -1.37. The molecule has 2 aliphatic heterocycles. The quantitative estimate of drug-likeness (QED) is 0.183. The third-order valence-electron chi connectivity index (χ3n) is 9.63. The van der Waals surface area contributed by atoms with Crippen molar-refractivity contribution in [3.8, 4) is 16.8 Å². The Balaban J connectivity index is 1.42. The molecule has 206 valence electrons. The van der Waals surface area contributed by atoms with Crippen molar-refractivity contribution in [2.75, 3.05) is 0 Å². The number of aromatic nitrogens is 1. The summed E-state index contributed by atoms with van der Waals surface area (Å²) in [6.07, 6.45) is 0. The Morgan fingerprint density at radius 1 is 0.535 bits per heavy atom. The molecule has 1 atom stereocenters. The Hall–Kier alpha value is -4.31. The first-order chi connectivity index (χ1) is 21.0. The average Bonchev–Trinajstić information content (AvgIpc) is 3.38. The molecule has 0 fully saturated rings. The van der Waals surface area contributed by atoms with E-state index in [4.69, 9.17) is 0 Å². The highest BCUT2D eigenvalue weighted by Gasteiger charge is 2.49. The number of nitrogens with zero attached hydrogens (tertiary/aromatic N) is 1. The van der Waals surface area contributed by atoms with Gasteiger partial charge in [-0.3, -0.25) is 0 Å². The third-order valence-corrected chi connectivity index (χ3v) is 12.8. The van der Waals surface area contributed by atoms with Gasteiger partial charge in [-0.05, 0) is 63.7 Å². The molecule has 1 unspecified atom stereocenters. The van der Waals surface area contributed by atoms with Crippen LogP contribution in [-0.4, -0.2) is 12.6 Å². The van der Waals surface area contributed by atoms with E-state index in [2.05, 4.69) is 158 Å². The molecule has 0 aliphatic carbocycles. The Morgan fingerprint density at radius 3 is 2.02 bits per heavy atom. The molecule has 0 saturated heterocycles. The second kappa shape index (κ2) is 8.85. The molecular formula is C40H31NSSi. The highest BCUT2D eigenvalue weighted by atomic mass is 32.2. The summed E-state index contributed by atoms with van der Waals surface area (Å²) in [5, 5.41) is 4.12. The lowest BCUT2D eigenvalue weighted by Crippen LogP contribution is -2.37. The fourth-order valence-corrected chi connectivity index (χ4v) is 10.0. The first-order valence-corrected chi connectivity index (χ1v) is 19.4. The average molecular weight is 586 g/mol. The Bertz CT molecular complexity index is 2250. The minimum Gasteiger partial charge on any atom is -0.309 e. The van der Waals surface area contributed by atoms with E-state index in [0.29, 0.717) is 0 Å². The van der Waals surface area contributed by atoms with E-state index in [9.17, 15) is 0 Å². The van der Waals surface area contributed by atoms with Gasteiger partial charge in [0.15, 0.2) is 0 Å². The van der Waals surface area contributed by atoms with Crippen LogP contribution in [0.15, 0.2) is 143 Å². The van der Waals surface area contributed by atoms with Gasteiger partial charge >= 0.3 is 0 Å². The van der Waals surface area contributed by atoms with Crippen molar-refractivity contribution in [3.63, 3.8) is 0 Å². The first-order valence-electron chi connectivity index (χ1n) is 15.1. The molecule has 0 N–H and O–H groups in total. The van der Waals surface area contributed by atoms with E-state index in [1.807, 2.05) is 11.8 Å². The molecule has 2 aliphatic rings. The zero-order valence-corrected chi connectivity index (χ0v) is 26.4. The van der Waals surface area contributed by atoms with Crippen LogP contribution in [-0.2, 0) is 5.41 Å². The van der Waals surface area contributed by atoms with Gasteiger partial charge in [-0.1, -0.05) is 140 Å². The maximum absolute atomic E-state index is 2.52. The molecule has 1 nitrogen and oxygen atoms in total. The number of rotatable bonds is 2. The maximum atomic E-state index is 2.52. The lowest BCUT2D eigenvalue weighted by atomic mass is 9.62. The summed E-state index contributed by atoms with van der Waals surface area (Å²) in [6, 6.07) is 50.6. The van der Waals surface area contributed by atoms with Crippen molar-refractivity contribution in [2.24, 2.45) is 0 Å². The molecule has 3 heterocycles. The SMILES string of the molecule is C[Si](C)(C)c1ccc(-c2ccc3c(c2)C2(c4ccccc4S3)c3ccccc3-n3c4ccccc4c4cccc2c43)cc1. The van der Waals surface area contributed by atoms with Gasteiger partial charge in [0, 0.05) is 20.6 Å². The Morgan fingerprint density at radius 2 is 1.19 bits per heavy atom. The zero-order valence-electron chi connectivity index (χ0n) is 24.6. The molecule has 43 heavy (non-hydrogen) atoms. The van der Waals surface area contributed by atoms with Crippen LogP contribution in [0, 0.1) is 0 Å². The van der Waals surface area contributed by atoms with Crippen LogP contribution in [0.2, 0.25) is 19.6 Å². The summed E-state index contributed by atoms with van der Waals surface area (Å²) < 4.78 is 2.52. The summed E-state index contributed by atoms with van der Waals surface area (Å²) in [4.78, 5) is 2.66. The van der Waals surface area contributed by atoms with E-state index in [0.717, 1.165) is 0 Å². The standard InChI is InChI=1S/C40H31NSSi/c1-43(2,3)28-22-19-26(20-23-28)27-21-24-38-34(25-27)40(32-14-6-9-18-37(32)42-38)31-13-5-8-17-36(31)41-35-16-7-4-11-29(35)30-12-10-15-33(40)39(30)41/h4-25H,1-3H3. The van der Waals surface area contributed by atoms with Gasteiger partial charge in [0.2, 0.25) is 0 Å². The molecule has 7 aromatic rings. The van der Waals surface area contributed by atoms with Crippen LogP contribution in [0.5, 0.6) is 0 Å². The predicted octanol–water partition coefficient (Wildman–Crippen LogP) is 10.2. The summed E-state index contributed by atoms with van der Waals surface area (Å²) in [5.41, 5.74) is 11.4. The van der Waals surface area contributed by atoms with Crippen LogP contribution in [0.1, 0.15) is 22.3 Å². The number of para-hydroxylation sites is 3. The topological polar surface area (TPSA) is 4.93 Å². The molecule has 0 saturated carbocycles. The highest BCUT2D eigenvalue weighted by molar-refractivity contribution is 7.99. The van der Waals surface area contributed by atoms with Crippen molar-refractivity contribution in [1.29, 1.82) is 0 Å². The van der Waals surface area contributed by atoms with Gasteiger partial charge in [0.25, 0.3) is 0 Å². The molecule has 6 aromatic carbocycles. The molecule has 9 rings (SSSR count). The second-order valence-corrected chi connectivity index (χ2v) is 19.1. The highest BCUT2D eigenvalue weighted by Crippen LogP contribution is 2.60. The molecular weight excluding hydrogens is 555 g/mol. The Labute approximate surface area is 257 Å². The van der Waals surface area contributed by atoms with E-state index in [1.54, 1.807) is 0 Å². The minimum atomic E-state index is -1.37. The van der Waals surface area contributed by atoms with E-state index in [1.165, 1.54) is 75.9 Å². The van der Waals surface area contributed by atoms with E-state index < -0.39 is 13.5 Å². The Kier molecular flexibility index (Phi) is 5.19. The third kappa shape index (κ3) is 3.35. The van der Waals surface area contributed by atoms with Crippen LogP contribution >= 0.6 is 11.8 Å². The van der Waals surface area contributed by atoms with Crippen LogP contribution in [0.25, 0.3) is 38.6 Å². The van der Waals surface area contributed by atoms with Gasteiger partial charge < -0.3 is 4.57 Å². The van der Waals surface area contributed by atoms with Crippen molar-refractivity contribution in [1.82, 2.24) is 4.57 Å². The van der Waals surface area contributed by atoms with Gasteiger partial charge in [0.05, 0.1) is 30.2 Å².